The Balaban J connectivity index is 1.98. The van der Waals surface area contributed by atoms with Gasteiger partial charge in [0, 0.05) is 6.04 Å². The fourth-order valence-corrected chi connectivity index (χ4v) is 1.71. The molecule has 4 atom stereocenters. The highest BCUT2D eigenvalue weighted by Crippen LogP contribution is 2.48. The first-order chi connectivity index (χ1) is 6.41. The van der Waals surface area contributed by atoms with Gasteiger partial charge in [-0.3, -0.25) is 10.1 Å². The van der Waals surface area contributed by atoms with Gasteiger partial charge in [0.2, 0.25) is 0 Å². The van der Waals surface area contributed by atoms with Gasteiger partial charge >= 0.3 is 12.1 Å². The molecule has 2 rings (SSSR count). The standard InChI is InChI=1S/C7H8F3NO3/c8-7(9,10)3-4-5(3)14-1-2(11-4)6(12)13/h2-5,11H,1H2,(H,12,13)/t2-,3?,4-,5+/m0/s1. The van der Waals surface area contributed by atoms with E-state index in [0.29, 0.717) is 0 Å². The number of ether oxygens (including phenoxy) is 1. The number of alkyl halides is 3. The van der Waals surface area contributed by atoms with E-state index in [4.69, 9.17) is 9.84 Å². The summed E-state index contributed by atoms with van der Waals surface area (Å²) in [6.45, 7) is -0.205. The summed E-state index contributed by atoms with van der Waals surface area (Å²) in [5.41, 5.74) is 0. The van der Waals surface area contributed by atoms with E-state index in [9.17, 15) is 18.0 Å². The Bertz CT molecular complexity index is 267. The highest BCUT2D eigenvalue weighted by molar-refractivity contribution is 5.74. The summed E-state index contributed by atoms with van der Waals surface area (Å²) in [7, 11) is 0. The van der Waals surface area contributed by atoms with Crippen molar-refractivity contribution in [2.45, 2.75) is 24.4 Å². The molecule has 1 saturated carbocycles. The Hall–Kier alpha value is -0.820. The average Bonchev–Trinajstić information content (AvgIpc) is 2.74. The van der Waals surface area contributed by atoms with Crippen LogP contribution in [0.5, 0.6) is 0 Å². The molecule has 1 heterocycles. The SMILES string of the molecule is O=C(O)[C@@H]1CO[C@@H]2C(C(F)(F)F)[C@@H]2N1. The molecule has 2 fully saturated rings. The Morgan fingerprint density at radius 3 is 2.64 bits per heavy atom. The molecule has 1 unspecified atom stereocenters. The number of fused-ring (bicyclic) bond motifs is 1. The van der Waals surface area contributed by atoms with Gasteiger partial charge in [0.1, 0.15) is 12.0 Å². The van der Waals surface area contributed by atoms with Crippen LogP contribution in [0.1, 0.15) is 0 Å². The van der Waals surface area contributed by atoms with Crippen LogP contribution in [0, 0.1) is 5.92 Å². The van der Waals surface area contributed by atoms with Crippen molar-refractivity contribution in [1.82, 2.24) is 5.32 Å². The summed E-state index contributed by atoms with van der Waals surface area (Å²) in [5.74, 6) is -2.73. The highest BCUT2D eigenvalue weighted by atomic mass is 19.4. The monoisotopic (exact) mass is 211 g/mol. The third-order valence-electron chi connectivity index (χ3n) is 2.48. The van der Waals surface area contributed by atoms with E-state index in [1.54, 1.807) is 0 Å². The molecule has 0 radical (unpaired) electrons. The van der Waals surface area contributed by atoms with E-state index in [0.717, 1.165) is 0 Å². The van der Waals surface area contributed by atoms with Gasteiger partial charge in [-0.05, 0) is 0 Å². The molecule has 0 amide bonds. The van der Waals surface area contributed by atoms with Crippen LogP contribution in [0.2, 0.25) is 0 Å². The number of halogens is 3. The van der Waals surface area contributed by atoms with Gasteiger partial charge in [-0.2, -0.15) is 13.2 Å². The van der Waals surface area contributed by atoms with Crippen LogP contribution >= 0.6 is 0 Å². The lowest BCUT2D eigenvalue weighted by Crippen LogP contribution is -2.46. The van der Waals surface area contributed by atoms with Crippen molar-refractivity contribution in [2.24, 2.45) is 5.92 Å². The van der Waals surface area contributed by atoms with Gasteiger partial charge in [0.25, 0.3) is 0 Å². The first-order valence-electron chi connectivity index (χ1n) is 4.08. The fraction of sp³-hybridized carbons (Fsp3) is 0.857. The normalized spacial score (nSPS) is 41.6. The number of carboxylic acid groups (broad SMARTS) is 1. The fourth-order valence-electron chi connectivity index (χ4n) is 1.71. The minimum Gasteiger partial charge on any atom is -0.480 e. The zero-order valence-electron chi connectivity index (χ0n) is 6.91. The van der Waals surface area contributed by atoms with E-state index in [-0.39, 0.29) is 6.61 Å². The number of morpholine rings is 1. The highest BCUT2D eigenvalue weighted by Gasteiger charge is 2.67. The first kappa shape index (κ1) is 9.72. The number of hydrogen-bond acceptors (Lipinski definition) is 3. The lowest BCUT2D eigenvalue weighted by Gasteiger charge is -2.18. The molecule has 7 heteroatoms. The van der Waals surface area contributed by atoms with Gasteiger partial charge in [-0.25, -0.2) is 0 Å². The van der Waals surface area contributed by atoms with Gasteiger partial charge in [-0.1, -0.05) is 0 Å². The Morgan fingerprint density at radius 1 is 1.50 bits per heavy atom. The molecule has 2 N–H and O–H groups in total. The van der Waals surface area contributed by atoms with E-state index < -0.39 is 36.3 Å². The molecule has 80 valence electrons. The van der Waals surface area contributed by atoms with Gasteiger partial charge in [-0.15, -0.1) is 0 Å². The van der Waals surface area contributed by atoms with Crippen LogP contribution in [0.4, 0.5) is 13.2 Å². The predicted octanol–water partition coefficient (Wildman–Crippen LogP) is -0.0113. The lowest BCUT2D eigenvalue weighted by molar-refractivity contribution is -0.156. The van der Waals surface area contributed by atoms with Gasteiger partial charge in [0.15, 0.2) is 0 Å². The number of nitrogens with one attached hydrogen (secondary N) is 1. The smallest absolute Gasteiger partial charge is 0.395 e. The topological polar surface area (TPSA) is 58.6 Å². The van der Waals surface area contributed by atoms with Crippen LogP contribution in [0.25, 0.3) is 0 Å². The largest absolute Gasteiger partial charge is 0.480 e. The molecule has 1 aliphatic carbocycles. The molecule has 0 aromatic carbocycles. The maximum absolute atomic E-state index is 12.2. The minimum atomic E-state index is -4.31. The van der Waals surface area contributed by atoms with Crippen LogP contribution < -0.4 is 5.32 Å². The average molecular weight is 211 g/mol. The summed E-state index contributed by atoms with van der Waals surface area (Å²) >= 11 is 0. The molecule has 1 saturated heterocycles. The third-order valence-corrected chi connectivity index (χ3v) is 2.48. The summed E-state index contributed by atoms with van der Waals surface area (Å²) in [4.78, 5) is 10.5. The Morgan fingerprint density at radius 2 is 2.14 bits per heavy atom. The molecular formula is C7H8F3NO3. The van der Waals surface area contributed by atoms with E-state index in [2.05, 4.69) is 5.32 Å². The first-order valence-corrected chi connectivity index (χ1v) is 4.08. The number of carbonyl (C=O) groups is 1. The second-order valence-electron chi connectivity index (χ2n) is 3.45. The molecule has 0 spiro atoms. The van der Waals surface area contributed by atoms with Crippen molar-refractivity contribution in [3.8, 4) is 0 Å². The van der Waals surface area contributed by atoms with Gasteiger partial charge < -0.3 is 9.84 Å². The number of hydrogen-bond donors (Lipinski definition) is 2. The van der Waals surface area contributed by atoms with Crippen molar-refractivity contribution >= 4 is 5.97 Å². The third kappa shape index (κ3) is 1.46. The molecule has 0 aromatic heterocycles. The number of aliphatic carboxylic acids is 1. The molecule has 0 bridgehead atoms. The second-order valence-corrected chi connectivity index (χ2v) is 3.45. The lowest BCUT2D eigenvalue weighted by atomic mass is 10.3. The van der Waals surface area contributed by atoms with Crippen LogP contribution in [-0.4, -0.2) is 42.0 Å². The second kappa shape index (κ2) is 2.83. The Kier molecular flexibility index (Phi) is 1.97. The summed E-state index contributed by atoms with van der Waals surface area (Å²) < 4.78 is 41.4. The number of carboxylic acids is 1. The van der Waals surface area contributed by atoms with E-state index in [1.807, 2.05) is 0 Å². The minimum absolute atomic E-state index is 0.205. The molecule has 14 heavy (non-hydrogen) atoms. The van der Waals surface area contributed by atoms with Crippen LogP contribution in [0.3, 0.4) is 0 Å². The van der Waals surface area contributed by atoms with Crippen molar-refractivity contribution in [3.05, 3.63) is 0 Å². The number of rotatable bonds is 1. The van der Waals surface area contributed by atoms with Crippen molar-refractivity contribution in [3.63, 3.8) is 0 Å². The quantitative estimate of drug-likeness (QED) is 0.640. The summed E-state index contributed by atoms with van der Waals surface area (Å²) in [6, 6.07) is -1.91. The van der Waals surface area contributed by atoms with Crippen molar-refractivity contribution < 1.29 is 27.8 Å². The molecule has 2 aliphatic rings. The van der Waals surface area contributed by atoms with E-state index >= 15 is 0 Å². The maximum Gasteiger partial charge on any atom is 0.395 e. The molecule has 1 aliphatic heterocycles. The zero-order valence-corrected chi connectivity index (χ0v) is 6.91. The van der Waals surface area contributed by atoms with Crippen LogP contribution in [0.15, 0.2) is 0 Å². The van der Waals surface area contributed by atoms with Crippen molar-refractivity contribution in [2.75, 3.05) is 6.61 Å². The van der Waals surface area contributed by atoms with Crippen molar-refractivity contribution in [1.29, 1.82) is 0 Å². The Labute approximate surface area is 77.0 Å². The van der Waals surface area contributed by atoms with E-state index in [1.165, 1.54) is 0 Å². The zero-order chi connectivity index (χ0) is 10.5. The summed E-state index contributed by atoms with van der Waals surface area (Å²) in [6.07, 6.45) is -5.21. The van der Waals surface area contributed by atoms with Crippen LogP contribution in [-0.2, 0) is 9.53 Å². The molecular weight excluding hydrogens is 203 g/mol. The van der Waals surface area contributed by atoms with Gasteiger partial charge in [0.05, 0.1) is 12.7 Å². The molecule has 0 aromatic rings. The predicted molar refractivity (Wildman–Crippen MR) is 37.6 cm³/mol. The molecule has 4 nitrogen and oxygen atoms in total. The maximum atomic E-state index is 12.2. The summed E-state index contributed by atoms with van der Waals surface area (Å²) in [5, 5.41) is 10.9.